The average molecular weight is 260 g/mol. The summed E-state index contributed by atoms with van der Waals surface area (Å²) < 4.78 is 1.74. The zero-order chi connectivity index (χ0) is 14.2. The molecule has 0 fully saturated rings. The van der Waals surface area contributed by atoms with Gasteiger partial charge >= 0.3 is 0 Å². The van der Waals surface area contributed by atoms with Gasteiger partial charge in [-0.3, -0.25) is 10.1 Å². The molecule has 0 saturated heterocycles. The second-order valence-corrected chi connectivity index (χ2v) is 5.46. The molecule has 0 spiro atoms. The van der Waals surface area contributed by atoms with Gasteiger partial charge in [-0.1, -0.05) is 26.0 Å². The van der Waals surface area contributed by atoms with Crippen molar-refractivity contribution in [1.82, 2.24) is 15.0 Å². The highest BCUT2D eigenvalue weighted by Gasteiger charge is 2.24. The fourth-order valence-corrected chi connectivity index (χ4v) is 2.11. The third kappa shape index (κ3) is 2.47. The van der Waals surface area contributed by atoms with Gasteiger partial charge in [-0.05, 0) is 19.1 Å². The minimum Gasteiger partial charge on any atom is -0.258 e. The fourth-order valence-electron chi connectivity index (χ4n) is 2.11. The van der Waals surface area contributed by atoms with Gasteiger partial charge in [-0.25, -0.2) is 4.68 Å². The van der Waals surface area contributed by atoms with Crippen molar-refractivity contribution in [3.8, 4) is 5.69 Å². The van der Waals surface area contributed by atoms with Gasteiger partial charge < -0.3 is 0 Å². The average Bonchev–Trinajstić information content (AvgIpc) is 2.71. The van der Waals surface area contributed by atoms with Crippen molar-refractivity contribution in [3.05, 3.63) is 45.8 Å². The Kier molecular flexibility index (Phi) is 3.09. The zero-order valence-electron chi connectivity index (χ0n) is 11.4. The van der Waals surface area contributed by atoms with Gasteiger partial charge in [0, 0.05) is 17.5 Å². The number of aryl methyl sites for hydroxylation is 1. The van der Waals surface area contributed by atoms with E-state index in [0.717, 1.165) is 17.1 Å². The molecule has 100 valence electrons. The van der Waals surface area contributed by atoms with Crippen molar-refractivity contribution in [3.63, 3.8) is 0 Å². The summed E-state index contributed by atoms with van der Waals surface area (Å²) in [5.74, 6) is 0. The summed E-state index contributed by atoms with van der Waals surface area (Å²) in [6.45, 7) is 8.16. The summed E-state index contributed by atoms with van der Waals surface area (Å²) >= 11 is 0. The van der Waals surface area contributed by atoms with E-state index >= 15 is 0 Å². The molecule has 2 aromatic rings. The third-order valence-electron chi connectivity index (χ3n) is 2.85. The Balaban J connectivity index is 2.51. The second-order valence-electron chi connectivity index (χ2n) is 5.46. The summed E-state index contributed by atoms with van der Waals surface area (Å²) in [4.78, 5) is 10.2. The van der Waals surface area contributed by atoms with E-state index < -0.39 is 4.92 Å². The first-order chi connectivity index (χ1) is 8.80. The van der Waals surface area contributed by atoms with Crippen molar-refractivity contribution in [2.45, 2.75) is 33.1 Å². The smallest absolute Gasteiger partial charge is 0.258 e. The lowest BCUT2D eigenvalue weighted by molar-refractivity contribution is -0.384. The topological polar surface area (TPSA) is 73.8 Å². The van der Waals surface area contributed by atoms with Crippen LogP contribution in [0.2, 0.25) is 0 Å². The van der Waals surface area contributed by atoms with Crippen molar-refractivity contribution < 1.29 is 4.92 Å². The van der Waals surface area contributed by atoms with Crippen LogP contribution in [0.5, 0.6) is 0 Å². The SMILES string of the molecule is Cc1nnn(-c2ccc([N+](=O)[O-])cc2)c1C(C)(C)C. The van der Waals surface area contributed by atoms with Crippen LogP contribution in [0.15, 0.2) is 24.3 Å². The fraction of sp³-hybridized carbons (Fsp3) is 0.385. The van der Waals surface area contributed by atoms with Crippen LogP contribution in [0, 0.1) is 17.0 Å². The molecule has 2 rings (SSSR count). The molecule has 0 aliphatic rings. The largest absolute Gasteiger partial charge is 0.269 e. The molecular formula is C13H16N4O2. The van der Waals surface area contributed by atoms with Gasteiger partial charge in [-0.2, -0.15) is 0 Å². The number of hydrogen-bond acceptors (Lipinski definition) is 4. The molecular weight excluding hydrogens is 244 g/mol. The predicted molar refractivity (Wildman–Crippen MR) is 71.5 cm³/mol. The minimum absolute atomic E-state index is 0.0675. The molecule has 0 amide bonds. The van der Waals surface area contributed by atoms with Crippen molar-refractivity contribution in [2.75, 3.05) is 0 Å². The van der Waals surface area contributed by atoms with Crippen molar-refractivity contribution in [2.24, 2.45) is 0 Å². The van der Waals surface area contributed by atoms with Crippen LogP contribution in [0.25, 0.3) is 5.69 Å². The van der Waals surface area contributed by atoms with Crippen molar-refractivity contribution in [1.29, 1.82) is 0 Å². The number of rotatable bonds is 2. The van der Waals surface area contributed by atoms with Crippen LogP contribution in [-0.2, 0) is 5.41 Å². The molecule has 0 aliphatic heterocycles. The van der Waals surface area contributed by atoms with Crippen LogP contribution < -0.4 is 0 Å². The first kappa shape index (κ1) is 13.2. The van der Waals surface area contributed by atoms with Gasteiger partial charge in [0.2, 0.25) is 0 Å². The Labute approximate surface area is 111 Å². The Hall–Kier alpha value is -2.24. The van der Waals surface area contributed by atoms with E-state index in [4.69, 9.17) is 0 Å². The molecule has 0 atom stereocenters. The highest BCUT2D eigenvalue weighted by molar-refractivity contribution is 5.42. The van der Waals surface area contributed by atoms with Gasteiger partial charge in [0.05, 0.1) is 22.0 Å². The molecule has 0 radical (unpaired) electrons. The number of nitro benzene ring substituents is 1. The quantitative estimate of drug-likeness (QED) is 0.614. The maximum Gasteiger partial charge on any atom is 0.269 e. The molecule has 19 heavy (non-hydrogen) atoms. The van der Waals surface area contributed by atoms with E-state index in [-0.39, 0.29) is 11.1 Å². The van der Waals surface area contributed by atoms with Crippen LogP contribution in [0.3, 0.4) is 0 Å². The molecule has 1 aromatic heterocycles. The van der Waals surface area contributed by atoms with E-state index in [9.17, 15) is 10.1 Å². The van der Waals surface area contributed by atoms with Gasteiger partial charge in [0.1, 0.15) is 0 Å². The maximum atomic E-state index is 10.6. The number of benzene rings is 1. The molecule has 0 unspecified atom stereocenters. The zero-order valence-corrected chi connectivity index (χ0v) is 11.4. The van der Waals surface area contributed by atoms with Gasteiger partial charge in [0.25, 0.3) is 5.69 Å². The van der Waals surface area contributed by atoms with Crippen LogP contribution in [0.1, 0.15) is 32.2 Å². The highest BCUT2D eigenvalue weighted by Crippen LogP contribution is 2.27. The molecule has 0 bridgehead atoms. The van der Waals surface area contributed by atoms with E-state index in [1.165, 1.54) is 12.1 Å². The number of nitro groups is 1. The van der Waals surface area contributed by atoms with Crippen LogP contribution in [-0.4, -0.2) is 19.9 Å². The molecule has 0 aliphatic carbocycles. The Morgan fingerprint density at radius 2 is 1.79 bits per heavy atom. The first-order valence-electron chi connectivity index (χ1n) is 5.98. The standard InChI is InChI=1S/C13H16N4O2/c1-9-12(13(2,3)4)16(15-14-9)10-5-7-11(8-6-10)17(18)19/h5-8H,1-4H3. The maximum absolute atomic E-state index is 10.6. The molecule has 6 nitrogen and oxygen atoms in total. The normalized spacial score (nSPS) is 11.6. The van der Waals surface area contributed by atoms with E-state index in [2.05, 4.69) is 31.1 Å². The lowest BCUT2D eigenvalue weighted by Crippen LogP contribution is -2.18. The Morgan fingerprint density at radius 1 is 1.21 bits per heavy atom. The Morgan fingerprint density at radius 3 is 2.26 bits per heavy atom. The number of non-ortho nitro benzene ring substituents is 1. The highest BCUT2D eigenvalue weighted by atomic mass is 16.6. The number of hydrogen-bond donors (Lipinski definition) is 0. The Bertz CT molecular complexity index is 609. The summed E-state index contributed by atoms with van der Waals surface area (Å²) in [6, 6.07) is 6.31. The van der Waals surface area contributed by atoms with E-state index in [1.807, 2.05) is 6.92 Å². The molecule has 1 aromatic carbocycles. The minimum atomic E-state index is -0.416. The lowest BCUT2D eigenvalue weighted by Gasteiger charge is -2.20. The molecule has 6 heteroatoms. The monoisotopic (exact) mass is 260 g/mol. The number of nitrogens with zero attached hydrogens (tertiary/aromatic N) is 4. The summed E-state index contributed by atoms with van der Waals surface area (Å²) in [6.07, 6.45) is 0. The molecule has 0 saturated carbocycles. The van der Waals surface area contributed by atoms with E-state index in [0.29, 0.717) is 0 Å². The summed E-state index contributed by atoms with van der Waals surface area (Å²) in [5, 5.41) is 18.9. The van der Waals surface area contributed by atoms with Crippen LogP contribution in [0.4, 0.5) is 5.69 Å². The lowest BCUT2D eigenvalue weighted by atomic mass is 9.90. The summed E-state index contributed by atoms with van der Waals surface area (Å²) in [7, 11) is 0. The van der Waals surface area contributed by atoms with E-state index in [1.54, 1.807) is 16.8 Å². The second kappa shape index (κ2) is 4.46. The van der Waals surface area contributed by atoms with Gasteiger partial charge in [0.15, 0.2) is 0 Å². The predicted octanol–water partition coefficient (Wildman–Crippen LogP) is 2.78. The molecule has 0 N–H and O–H groups in total. The molecule has 1 heterocycles. The van der Waals surface area contributed by atoms with Gasteiger partial charge in [-0.15, -0.1) is 5.10 Å². The third-order valence-corrected chi connectivity index (χ3v) is 2.85. The van der Waals surface area contributed by atoms with Crippen molar-refractivity contribution >= 4 is 5.69 Å². The number of aromatic nitrogens is 3. The summed E-state index contributed by atoms with van der Waals surface area (Å²) in [5.41, 5.74) is 2.61. The van der Waals surface area contributed by atoms with Crippen LogP contribution >= 0.6 is 0 Å². The first-order valence-corrected chi connectivity index (χ1v) is 5.98.